The molecule has 2 aliphatic rings. The van der Waals surface area contributed by atoms with Gasteiger partial charge in [-0.05, 0) is 17.7 Å². The van der Waals surface area contributed by atoms with Gasteiger partial charge in [0.1, 0.15) is 0 Å². The van der Waals surface area contributed by atoms with E-state index in [-0.39, 0.29) is 29.9 Å². The second kappa shape index (κ2) is 6.17. The maximum Gasteiger partial charge on any atom is 0.586 e. The summed E-state index contributed by atoms with van der Waals surface area (Å²) in [6, 6.07) is 4.88. The van der Waals surface area contributed by atoms with Gasteiger partial charge in [-0.2, -0.15) is 0 Å². The maximum atomic E-state index is 13.0. The van der Waals surface area contributed by atoms with Gasteiger partial charge < -0.3 is 14.8 Å². The van der Waals surface area contributed by atoms with Crippen LogP contribution in [0.4, 0.5) is 8.78 Å². The summed E-state index contributed by atoms with van der Waals surface area (Å²) >= 11 is 0. The molecule has 0 spiro atoms. The highest BCUT2D eigenvalue weighted by Gasteiger charge is 2.43. The molecule has 21 heavy (non-hydrogen) atoms. The van der Waals surface area contributed by atoms with Crippen molar-refractivity contribution in [2.24, 2.45) is 0 Å². The van der Waals surface area contributed by atoms with E-state index in [1.54, 1.807) is 12.1 Å². The molecule has 1 N–H and O–H groups in total. The number of alkyl halides is 2. The van der Waals surface area contributed by atoms with Gasteiger partial charge in [-0.15, -0.1) is 27.8 Å². The van der Waals surface area contributed by atoms with Crippen LogP contribution in [-0.2, 0) is 0 Å². The molecule has 116 valence electrons. The molecular weight excluding hydrogens is 302 g/mol. The number of piperazine rings is 1. The molecule has 1 aromatic carbocycles. The number of hydrogen-bond donors (Lipinski definition) is 1. The van der Waals surface area contributed by atoms with E-state index in [9.17, 15) is 8.78 Å². The lowest BCUT2D eigenvalue weighted by molar-refractivity contribution is -0.286. The molecule has 0 aliphatic carbocycles. The van der Waals surface area contributed by atoms with Gasteiger partial charge in [0.2, 0.25) is 0 Å². The lowest BCUT2D eigenvalue weighted by atomic mass is 10.0. The van der Waals surface area contributed by atoms with Crippen LogP contribution in [0.2, 0.25) is 0 Å². The summed E-state index contributed by atoms with van der Waals surface area (Å²) in [5, 5.41) is 3.28. The van der Waals surface area contributed by atoms with Gasteiger partial charge in [-0.3, -0.25) is 4.90 Å². The van der Waals surface area contributed by atoms with Crippen LogP contribution in [0.5, 0.6) is 11.5 Å². The van der Waals surface area contributed by atoms with Crippen molar-refractivity contribution in [3.8, 4) is 11.5 Å². The highest BCUT2D eigenvalue weighted by atomic mass is 35.5. The average Bonchev–Trinajstić information content (AvgIpc) is 2.74. The molecule has 4 nitrogen and oxygen atoms in total. The molecular formula is C14H17ClF2N2O2. The van der Waals surface area contributed by atoms with Crippen LogP contribution in [0.15, 0.2) is 30.9 Å². The SMILES string of the molecule is C=C[C@@H](c1ccc2c(c1)OC(F)(F)O2)N1CCNCC1.Cl. The summed E-state index contributed by atoms with van der Waals surface area (Å²) in [6.45, 7) is 7.45. The zero-order valence-corrected chi connectivity index (χ0v) is 12.2. The van der Waals surface area contributed by atoms with Gasteiger partial charge in [0.05, 0.1) is 6.04 Å². The zero-order chi connectivity index (χ0) is 14.2. The van der Waals surface area contributed by atoms with E-state index in [1.807, 2.05) is 6.08 Å². The highest BCUT2D eigenvalue weighted by Crippen LogP contribution is 2.42. The molecule has 2 aliphatic heterocycles. The number of halogens is 3. The molecule has 0 radical (unpaired) electrons. The zero-order valence-electron chi connectivity index (χ0n) is 11.4. The fourth-order valence-electron chi connectivity index (χ4n) is 2.61. The van der Waals surface area contributed by atoms with Crippen LogP contribution in [0.25, 0.3) is 0 Å². The standard InChI is InChI=1S/C14H16F2N2O2.ClH/c1-2-11(18-7-5-17-6-8-18)10-3-4-12-13(9-10)20-14(15,16)19-12;/h2-4,9,11,17H,1,5-8H2;1H/t11-;/m0./s1. The first-order chi connectivity index (χ1) is 9.59. The quantitative estimate of drug-likeness (QED) is 0.869. The van der Waals surface area contributed by atoms with E-state index >= 15 is 0 Å². The van der Waals surface area contributed by atoms with Crippen molar-refractivity contribution in [2.45, 2.75) is 12.3 Å². The monoisotopic (exact) mass is 318 g/mol. The largest absolute Gasteiger partial charge is 0.586 e. The van der Waals surface area contributed by atoms with Gasteiger partial charge in [0, 0.05) is 26.2 Å². The molecule has 1 atom stereocenters. The molecule has 0 saturated carbocycles. The Labute approximate surface area is 128 Å². The second-order valence-electron chi connectivity index (χ2n) is 4.84. The maximum absolute atomic E-state index is 13.0. The number of benzene rings is 1. The summed E-state index contributed by atoms with van der Waals surface area (Å²) in [5.74, 6) is 0.149. The van der Waals surface area contributed by atoms with Crippen molar-refractivity contribution in [2.75, 3.05) is 26.2 Å². The Balaban J connectivity index is 0.00000161. The minimum atomic E-state index is -3.57. The second-order valence-corrected chi connectivity index (χ2v) is 4.84. The van der Waals surface area contributed by atoms with Crippen molar-refractivity contribution in [1.29, 1.82) is 0 Å². The fourth-order valence-corrected chi connectivity index (χ4v) is 2.61. The number of rotatable bonds is 3. The first kappa shape index (κ1) is 16.0. The summed E-state index contributed by atoms with van der Waals surface area (Å²) < 4.78 is 34.9. The minimum absolute atomic E-state index is 0. The molecule has 1 fully saturated rings. The van der Waals surface area contributed by atoms with Crippen LogP contribution in [0, 0.1) is 0 Å². The van der Waals surface area contributed by atoms with Crippen LogP contribution in [-0.4, -0.2) is 37.4 Å². The summed E-state index contributed by atoms with van der Waals surface area (Å²) in [6.07, 6.45) is -1.75. The number of nitrogens with zero attached hydrogens (tertiary/aromatic N) is 1. The van der Waals surface area contributed by atoms with Crippen molar-refractivity contribution in [1.82, 2.24) is 10.2 Å². The molecule has 0 amide bonds. The Morgan fingerprint density at radius 1 is 1.24 bits per heavy atom. The lowest BCUT2D eigenvalue weighted by Crippen LogP contribution is -2.44. The predicted molar refractivity (Wildman–Crippen MR) is 77.3 cm³/mol. The van der Waals surface area contributed by atoms with Gasteiger partial charge in [-0.1, -0.05) is 12.1 Å². The lowest BCUT2D eigenvalue weighted by Gasteiger charge is -2.33. The Morgan fingerprint density at radius 3 is 2.57 bits per heavy atom. The minimum Gasteiger partial charge on any atom is -0.395 e. The van der Waals surface area contributed by atoms with Gasteiger partial charge in [0.15, 0.2) is 11.5 Å². The van der Waals surface area contributed by atoms with E-state index in [0.29, 0.717) is 0 Å². The summed E-state index contributed by atoms with van der Waals surface area (Å²) in [4.78, 5) is 2.25. The summed E-state index contributed by atoms with van der Waals surface area (Å²) in [7, 11) is 0. The Hall–Kier alpha value is -1.37. The van der Waals surface area contributed by atoms with Crippen LogP contribution in [0.1, 0.15) is 11.6 Å². The van der Waals surface area contributed by atoms with Gasteiger partial charge in [-0.25, -0.2) is 0 Å². The number of hydrogen-bond acceptors (Lipinski definition) is 4. The van der Waals surface area contributed by atoms with E-state index in [4.69, 9.17) is 0 Å². The van der Waals surface area contributed by atoms with Crippen molar-refractivity contribution < 1.29 is 18.3 Å². The van der Waals surface area contributed by atoms with Crippen LogP contribution < -0.4 is 14.8 Å². The first-order valence-corrected chi connectivity index (χ1v) is 6.56. The topological polar surface area (TPSA) is 33.7 Å². The molecule has 2 heterocycles. The van der Waals surface area contributed by atoms with Crippen LogP contribution >= 0.6 is 12.4 Å². The predicted octanol–water partition coefficient (Wildman–Crippen LogP) is 2.56. The van der Waals surface area contributed by atoms with Crippen molar-refractivity contribution >= 4 is 12.4 Å². The number of fused-ring (bicyclic) bond motifs is 1. The molecule has 0 bridgehead atoms. The third-order valence-electron chi connectivity index (χ3n) is 3.54. The van der Waals surface area contributed by atoms with E-state index in [1.165, 1.54) is 6.07 Å². The Morgan fingerprint density at radius 2 is 1.90 bits per heavy atom. The molecule has 3 rings (SSSR count). The molecule has 0 aromatic heterocycles. The average molecular weight is 319 g/mol. The first-order valence-electron chi connectivity index (χ1n) is 6.56. The third-order valence-corrected chi connectivity index (χ3v) is 3.54. The summed E-state index contributed by atoms with van der Waals surface area (Å²) in [5.41, 5.74) is 0.877. The molecule has 7 heteroatoms. The molecule has 1 saturated heterocycles. The Bertz CT molecular complexity index is 522. The fraction of sp³-hybridized carbons (Fsp3) is 0.429. The van der Waals surface area contributed by atoms with E-state index in [2.05, 4.69) is 26.3 Å². The van der Waals surface area contributed by atoms with Crippen LogP contribution in [0.3, 0.4) is 0 Å². The highest BCUT2D eigenvalue weighted by molar-refractivity contribution is 5.85. The smallest absolute Gasteiger partial charge is 0.395 e. The number of nitrogens with one attached hydrogen (secondary N) is 1. The molecule has 0 unspecified atom stereocenters. The van der Waals surface area contributed by atoms with E-state index in [0.717, 1.165) is 31.7 Å². The Kier molecular flexibility index (Phi) is 4.70. The van der Waals surface area contributed by atoms with Gasteiger partial charge >= 0.3 is 6.29 Å². The normalized spacial score (nSPS) is 21.4. The van der Waals surface area contributed by atoms with Gasteiger partial charge in [0.25, 0.3) is 0 Å². The third kappa shape index (κ3) is 3.28. The van der Waals surface area contributed by atoms with Crippen molar-refractivity contribution in [3.05, 3.63) is 36.4 Å². The number of ether oxygens (including phenoxy) is 2. The van der Waals surface area contributed by atoms with E-state index < -0.39 is 6.29 Å². The van der Waals surface area contributed by atoms with Crippen molar-refractivity contribution in [3.63, 3.8) is 0 Å². The molecule has 1 aromatic rings.